The lowest BCUT2D eigenvalue weighted by Crippen LogP contribution is -2.09. The van der Waals surface area contributed by atoms with Crippen LogP contribution in [0.25, 0.3) is 10.9 Å². The Labute approximate surface area is 149 Å². The number of rotatable bonds is 3. The maximum absolute atomic E-state index is 13.8. The number of hydrogen-bond acceptors (Lipinski definition) is 3. The number of phenolic OH excluding ortho intramolecular Hbond substituents is 1. The molecule has 9 heteroatoms. The quantitative estimate of drug-likeness (QED) is 0.489. The second-order valence-corrected chi connectivity index (χ2v) is 5.84. The Morgan fingerprint density at radius 1 is 1.19 bits per heavy atom. The Morgan fingerprint density at radius 2 is 1.92 bits per heavy atom. The van der Waals surface area contributed by atoms with Crippen molar-refractivity contribution in [3.05, 3.63) is 64.1 Å². The van der Waals surface area contributed by atoms with Crippen LogP contribution in [0.2, 0.25) is 5.02 Å². The van der Waals surface area contributed by atoms with Crippen molar-refractivity contribution in [2.75, 3.05) is 0 Å². The van der Waals surface area contributed by atoms with Gasteiger partial charge in [-0.1, -0.05) is 17.7 Å². The summed E-state index contributed by atoms with van der Waals surface area (Å²) in [5.74, 6) is -2.36. The molecule has 0 bridgehead atoms. The minimum Gasteiger partial charge on any atom is -0.505 e. The highest BCUT2D eigenvalue weighted by atomic mass is 35.5. The summed E-state index contributed by atoms with van der Waals surface area (Å²) in [7, 11) is 0. The summed E-state index contributed by atoms with van der Waals surface area (Å²) in [5, 5.41) is 8.85. The zero-order valence-electron chi connectivity index (χ0n) is 12.8. The number of H-pyrrole nitrogens is 1. The smallest absolute Gasteiger partial charge is 0.417 e. The lowest BCUT2D eigenvalue weighted by atomic mass is 10.1. The summed E-state index contributed by atoms with van der Waals surface area (Å²) in [4.78, 5) is 14.7. The van der Waals surface area contributed by atoms with E-state index in [1.54, 1.807) is 0 Å². The van der Waals surface area contributed by atoms with Crippen molar-refractivity contribution in [1.82, 2.24) is 4.98 Å². The monoisotopic (exact) mass is 387 g/mol. The number of ether oxygens (including phenoxy) is 1. The average Bonchev–Trinajstić information content (AvgIpc) is 3.01. The number of nitrogens with one attached hydrogen (secondary N) is 1. The number of aromatic amines is 1. The molecule has 3 aromatic rings. The van der Waals surface area contributed by atoms with E-state index in [0.717, 1.165) is 24.3 Å². The van der Waals surface area contributed by atoms with Crippen molar-refractivity contribution in [2.24, 2.45) is 0 Å². The number of carbonyl (C=O) groups excluding carboxylic acids is 1. The van der Waals surface area contributed by atoms with Gasteiger partial charge in [0.1, 0.15) is 12.3 Å². The molecule has 0 aliphatic rings. The number of aromatic nitrogens is 1. The van der Waals surface area contributed by atoms with Crippen LogP contribution < -0.4 is 0 Å². The Bertz CT molecular complexity index is 998. The van der Waals surface area contributed by atoms with E-state index in [0.29, 0.717) is 0 Å². The third kappa shape index (κ3) is 3.45. The van der Waals surface area contributed by atoms with Gasteiger partial charge in [0.25, 0.3) is 0 Å². The summed E-state index contributed by atoms with van der Waals surface area (Å²) < 4.78 is 57.2. The van der Waals surface area contributed by atoms with Crippen LogP contribution in [0.1, 0.15) is 21.6 Å². The van der Waals surface area contributed by atoms with Crippen LogP contribution in [0.4, 0.5) is 17.6 Å². The van der Waals surface area contributed by atoms with E-state index < -0.39 is 40.9 Å². The van der Waals surface area contributed by atoms with Crippen molar-refractivity contribution in [3.63, 3.8) is 0 Å². The zero-order valence-corrected chi connectivity index (χ0v) is 13.6. The number of carbonyl (C=O) groups is 1. The van der Waals surface area contributed by atoms with Crippen LogP contribution in [-0.4, -0.2) is 16.1 Å². The average molecular weight is 388 g/mol. The van der Waals surface area contributed by atoms with Gasteiger partial charge in [0.05, 0.1) is 10.6 Å². The van der Waals surface area contributed by atoms with E-state index in [4.69, 9.17) is 16.3 Å². The summed E-state index contributed by atoms with van der Waals surface area (Å²) in [6, 6.07) is 6.80. The predicted molar refractivity (Wildman–Crippen MR) is 85.5 cm³/mol. The summed E-state index contributed by atoms with van der Waals surface area (Å²) in [6.07, 6.45) is -4.63. The highest BCUT2D eigenvalue weighted by molar-refractivity contribution is 6.31. The molecule has 3 rings (SSSR count). The van der Waals surface area contributed by atoms with Crippen molar-refractivity contribution in [1.29, 1.82) is 0 Å². The van der Waals surface area contributed by atoms with E-state index in [-0.39, 0.29) is 22.2 Å². The van der Waals surface area contributed by atoms with Crippen LogP contribution in [-0.2, 0) is 17.5 Å². The number of fused-ring (bicyclic) bond motifs is 1. The summed E-state index contributed by atoms with van der Waals surface area (Å²) >= 11 is 5.52. The molecule has 0 aliphatic carbocycles. The molecule has 4 nitrogen and oxygen atoms in total. The van der Waals surface area contributed by atoms with Gasteiger partial charge in [-0.2, -0.15) is 13.2 Å². The zero-order chi connectivity index (χ0) is 19.1. The van der Waals surface area contributed by atoms with Gasteiger partial charge in [-0.25, -0.2) is 9.18 Å². The largest absolute Gasteiger partial charge is 0.505 e. The fourth-order valence-electron chi connectivity index (χ4n) is 2.37. The maximum atomic E-state index is 13.8. The fourth-order valence-corrected chi connectivity index (χ4v) is 2.60. The molecule has 0 fully saturated rings. The van der Waals surface area contributed by atoms with Gasteiger partial charge in [0.2, 0.25) is 0 Å². The molecule has 2 N–H and O–H groups in total. The van der Waals surface area contributed by atoms with E-state index in [1.165, 1.54) is 12.1 Å². The molecular formula is C17H10ClF4NO3. The highest BCUT2D eigenvalue weighted by Crippen LogP contribution is 2.35. The topological polar surface area (TPSA) is 62.3 Å². The second-order valence-electron chi connectivity index (χ2n) is 5.43. The third-order valence-corrected chi connectivity index (χ3v) is 3.97. The maximum Gasteiger partial charge on any atom is 0.417 e. The first kappa shape index (κ1) is 18.1. The van der Waals surface area contributed by atoms with Gasteiger partial charge in [-0.15, -0.1) is 0 Å². The Morgan fingerprint density at radius 3 is 2.62 bits per heavy atom. The van der Waals surface area contributed by atoms with Crippen molar-refractivity contribution >= 4 is 28.5 Å². The molecule has 136 valence electrons. The molecule has 0 aliphatic heterocycles. The minimum atomic E-state index is -4.63. The molecule has 0 spiro atoms. The normalized spacial score (nSPS) is 11.7. The Balaban J connectivity index is 1.78. The number of esters is 1. The second kappa shape index (κ2) is 6.53. The van der Waals surface area contributed by atoms with Crippen LogP contribution in [0.3, 0.4) is 0 Å². The van der Waals surface area contributed by atoms with E-state index in [2.05, 4.69) is 4.98 Å². The van der Waals surface area contributed by atoms with Gasteiger partial charge < -0.3 is 14.8 Å². The van der Waals surface area contributed by atoms with Crippen LogP contribution in [0.15, 0.2) is 36.4 Å². The number of halogens is 5. The van der Waals surface area contributed by atoms with Crippen LogP contribution in [0.5, 0.6) is 5.75 Å². The molecule has 0 saturated carbocycles. The molecule has 0 unspecified atom stereocenters. The van der Waals surface area contributed by atoms with E-state index in [9.17, 15) is 27.5 Å². The molecule has 26 heavy (non-hydrogen) atoms. The predicted octanol–water partition coefficient (Wildman–Crippen LogP) is 5.04. The molecule has 1 heterocycles. The summed E-state index contributed by atoms with van der Waals surface area (Å²) in [6.45, 7) is -0.428. The van der Waals surface area contributed by atoms with Crippen LogP contribution >= 0.6 is 11.6 Å². The third-order valence-electron chi connectivity index (χ3n) is 3.64. The lowest BCUT2D eigenvalue weighted by molar-refractivity contribution is -0.137. The molecule has 1 aromatic heterocycles. The first-order valence-corrected chi connectivity index (χ1v) is 7.57. The molecular weight excluding hydrogens is 378 g/mol. The van der Waals surface area contributed by atoms with Gasteiger partial charge in [-0.05, 0) is 35.9 Å². The molecule has 0 atom stereocenters. The molecule has 0 amide bonds. The van der Waals surface area contributed by atoms with Crippen molar-refractivity contribution in [3.8, 4) is 5.75 Å². The SMILES string of the molecule is O=C(OCc1ccc(Cl)c(C(F)(F)F)c1)c1cc2c(F)c(O)ccc2[nH]1. The number of benzene rings is 2. The molecule has 2 aromatic carbocycles. The number of aromatic hydroxyl groups is 1. The number of alkyl halides is 3. The van der Waals surface area contributed by atoms with Gasteiger partial charge in [-0.3, -0.25) is 0 Å². The van der Waals surface area contributed by atoms with Crippen molar-refractivity contribution in [2.45, 2.75) is 12.8 Å². The molecule has 0 radical (unpaired) electrons. The van der Waals surface area contributed by atoms with E-state index in [1.807, 2.05) is 0 Å². The number of hydrogen-bond donors (Lipinski definition) is 2. The highest BCUT2D eigenvalue weighted by Gasteiger charge is 2.33. The first-order chi connectivity index (χ1) is 12.2. The summed E-state index contributed by atoms with van der Waals surface area (Å²) in [5.41, 5.74) is -0.779. The number of phenols is 1. The lowest BCUT2D eigenvalue weighted by Gasteiger charge is -2.11. The van der Waals surface area contributed by atoms with Gasteiger partial charge in [0.15, 0.2) is 11.6 Å². The van der Waals surface area contributed by atoms with Gasteiger partial charge >= 0.3 is 12.1 Å². The fraction of sp³-hybridized carbons (Fsp3) is 0.118. The Hall–Kier alpha value is -2.74. The Kier molecular flexibility index (Phi) is 4.53. The van der Waals surface area contributed by atoms with Crippen LogP contribution in [0, 0.1) is 5.82 Å². The first-order valence-electron chi connectivity index (χ1n) is 7.20. The minimum absolute atomic E-state index is 0.0113. The van der Waals surface area contributed by atoms with Gasteiger partial charge in [0, 0.05) is 10.9 Å². The van der Waals surface area contributed by atoms with Crippen molar-refractivity contribution < 1.29 is 32.2 Å². The standard InChI is InChI=1S/C17H10ClF4NO3/c18-11-2-1-8(5-10(11)17(20,21)22)7-26-16(25)13-6-9-12(23-13)3-4-14(24)15(9)19/h1-6,23-24H,7H2. The molecule has 0 saturated heterocycles. The van der Waals surface area contributed by atoms with E-state index >= 15 is 0 Å².